The first-order valence-electron chi connectivity index (χ1n) is 6.34. The number of carboxylic acid groups (broad SMARTS) is 1. The standard InChI is InChI=1S/C15H12N2O4/c1-9-12(15(19)20)6-10(21-9)8-17-13-5-3-2-4-11(13)14(18)7-16-17/h2-7H,8H2,1H3,(H,19,20). The summed E-state index contributed by atoms with van der Waals surface area (Å²) < 4.78 is 7.05. The second-order valence-electron chi connectivity index (χ2n) is 4.67. The Bertz CT molecular complexity index is 892. The van der Waals surface area contributed by atoms with Gasteiger partial charge in [0, 0.05) is 5.39 Å². The van der Waals surface area contributed by atoms with Gasteiger partial charge in [-0.3, -0.25) is 9.48 Å². The van der Waals surface area contributed by atoms with Crippen molar-refractivity contribution in [2.75, 3.05) is 0 Å². The number of aromatic nitrogens is 2. The van der Waals surface area contributed by atoms with Crippen LogP contribution < -0.4 is 5.43 Å². The smallest absolute Gasteiger partial charge is 0.339 e. The van der Waals surface area contributed by atoms with E-state index < -0.39 is 5.97 Å². The maximum absolute atomic E-state index is 11.8. The molecule has 0 aliphatic rings. The highest BCUT2D eigenvalue weighted by Gasteiger charge is 2.14. The monoisotopic (exact) mass is 284 g/mol. The van der Waals surface area contributed by atoms with Crippen LogP contribution in [0.25, 0.3) is 10.9 Å². The number of benzene rings is 1. The molecule has 106 valence electrons. The average Bonchev–Trinajstić information content (AvgIpc) is 2.83. The number of carbonyl (C=O) groups is 1. The largest absolute Gasteiger partial charge is 0.478 e. The summed E-state index contributed by atoms with van der Waals surface area (Å²) in [4.78, 5) is 22.8. The average molecular weight is 284 g/mol. The van der Waals surface area contributed by atoms with Crippen LogP contribution in [-0.2, 0) is 6.54 Å². The predicted octanol–water partition coefficient (Wildman–Crippen LogP) is 2.04. The molecule has 0 saturated carbocycles. The third-order valence-corrected chi connectivity index (χ3v) is 3.27. The van der Waals surface area contributed by atoms with E-state index in [0.29, 0.717) is 22.4 Å². The van der Waals surface area contributed by atoms with Gasteiger partial charge >= 0.3 is 5.97 Å². The first-order chi connectivity index (χ1) is 10.1. The number of carboxylic acids is 1. The zero-order valence-corrected chi connectivity index (χ0v) is 11.2. The van der Waals surface area contributed by atoms with Crippen molar-refractivity contribution in [3.05, 3.63) is 63.8 Å². The van der Waals surface area contributed by atoms with Crippen LogP contribution in [0.2, 0.25) is 0 Å². The number of furan rings is 1. The lowest BCUT2D eigenvalue weighted by molar-refractivity contribution is 0.0695. The Balaban J connectivity index is 2.07. The van der Waals surface area contributed by atoms with Crippen LogP contribution in [0.3, 0.4) is 0 Å². The summed E-state index contributed by atoms with van der Waals surface area (Å²) >= 11 is 0. The molecule has 6 nitrogen and oxygen atoms in total. The van der Waals surface area contributed by atoms with Crippen molar-refractivity contribution in [1.82, 2.24) is 9.78 Å². The minimum atomic E-state index is -1.03. The molecule has 0 atom stereocenters. The van der Waals surface area contributed by atoms with Gasteiger partial charge in [-0.1, -0.05) is 12.1 Å². The summed E-state index contributed by atoms with van der Waals surface area (Å²) in [5.41, 5.74) is 0.662. The van der Waals surface area contributed by atoms with Gasteiger partial charge in [-0.25, -0.2) is 4.79 Å². The summed E-state index contributed by atoms with van der Waals surface area (Å²) in [5.74, 6) is -0.200. The maximum atomic E-state index is 11.8. The van der Waals surface area contributed by atoms with Crippen molar-refractivity contribution in [1.29, 1.82) is 0 Å². The minimum absolute atomic E-state index is 0.135. The molecule has 0 aliphatic carbocycles. The third kappa shape index (κ3) is 2.31. The molecule has 2 heterocycles. The van der Waals surface area contributed by atoms with E-state index in [1.54, 1.807) is 29.8 Å². The van der Waals surface area contributed by atoms with Gasteiger partial charge in [0.15, 0.2) is 0 Å². The molecule has 0 unspecified atom stereocenters. The van der Waals surface area contributed by atoms with Crippen LogP contribution in [0.5, 0.6) is 0 Å². The van der Waals surface area contributed by atoms with Crippen LogP contribution in [0.15, 0.2) is 45.7 Å². The lowest BCUT2D eigenvalue weighted by Gasteiger charge is -2.07. The summed E-state index contributed by atoms with van der Waals surface area (Å²) in [6.45, 7) is 1.86. The highest BCUT2D eigenvalue weighted by molar-refractivity contribution is 5.88. The fourth-order valence-corrected chi connectivity index (χ4v) is 2.27. The quantitative estimate of drug-likeness (QED) is 0.795. The van der Waals surface area contributed by atoms with Crippen LogP contribution in [0, 0.1) is 6.92 Å². The Kier molecular flexibility index (Phi) is 3.06. The van der Waals surface area contributed by atoms with E-state index in [9.17, 15) is 9.59 Å². The number of hydrogen-bond acceptors (Lipinski definition) is 4. The van der Waals surface area contributed by atoms with Crippen molar-refractivity contribution in [2.24, 2.45) is 0 Å². The van der Waals surface area contributed by atoms with E-state index in [1.165, 1.54) is 12.3 Å². The van der Waals surface area contributed by atoms with Crippen LogP contribution >= 0.6 is 0 Å². The van der Waals surface area contributed by atoms with Gasteiger partial charge in [-0.2, -0.15) is 5.10 Å². The molecular formula is C15H12N2O4. The van der Waals surface area contributed by atoms with Crippen molar-refractivity contribution in [2.45, 2.75) is 13.5 Å². The minimum Gasteiger partial charge on any atom is -0.478 e. The molecule has 0 bridgehead atoms. The second-order valence-corrected chi connectivity index (χ2v) is 4.67. The van der Waals surface area contributed by atoms with Gasteiger partial charge in [-0.05, 0) is 25.1 Å². The summed E-state index contributed by atoms with van der Waals surface area (Å²) in [6, 6.07) is 8.60. The second kappa shape index (κ2) is 4.90. The molecule has 3 aromatic rings. The molecule has 2 aromatic heterocycles. The Morgan fingerprint density at radius 1 is 1.38 bits per heavy atom. The first-order valence-corrected chi connectivity index (χ1v) is 6.34. The zero-order valence-electron chi connectivity index (χ0n) is 11.2. The number of aromatic carboxylic acids is 1. The van der Waals surface area contributed by atoms with Crippen molar-refractivity contribution in [3.63, 3.8) is 0 Å². The van der Waals surface area contributed by atoms with E-state index in [-0.39, 0.29) is 17.5 Å². The molecule has 0 fully saturated rings. The molecular weight excluding hydrogens is 272 g/mol. The number of para-hydroxylation sites is 1. The van der Waals surface area contributed by atoms with E-state index in [1.807, 2.05) is 6.07 Å². The van der Waals surface area contributed by atoms with Crippen molar-refractivity contribution >= 4 is 16.9 Å². The number of nitrogens with zero attached hydrogens (tertiary/aromatic N) is 2. The fourth-order valence-electron chi connectivity index (χ4n) is 2.27. The molecule has 0 aliphatic heterocycles. The summed E-state index contributed by atoms with van der Waals surface area (Å²) in [7, 11) is 0. The van der Waals surface area contributed by atoms with E-state index in [4.69, 9.17) is 9.52 Å². The molecule has 3 rings (SSSR count). The summed E-state index contributed by atoms with van der Waals surface area (Å²) in [6.07, 6.45) is 1.25. The van der Waals surface area contributed by atoms with Gasteiger partial charge in [0.2, 0.25) is 5.43 Å². The van der Waals surface area contributed by atoms with E-state index in [2.05, 4.69) is 5.10 Å². The predicted molar refractivity (Wildman–Crippen MR) is 75.5 cm³/mol. The lowest BCUT2D eigenvalue weighted by atomic mass is 10.2. The van der Waals surface area contributed by atoms with Crippen molar-refractivity contribution < 1.29 is 14.3 Å². The Morgan fingerprint density at radius 2 is 2.14 bits per heavy atom. The SMILES string of the molecule is Cc1oc(Cn2ncc(=O)c3ccccc32)cc1C(=O)O. The van der Waals surface area contributed by atoms with Crippen LogP contribution in [0.4, 0.5) is 0 Å². The Labute approximate surface area is 119 Å². The third-order valence-electron chi connectivity index (χ3n) is 3.27. The zero-order chi connectivity index (χ0) is 15.0. The number of fused-ring (bicyclic) bond motifs is 1. The fraction of sp³-hybridized carbons (Fsp3) is 0.133. The van der Waals surface area contributed by atoms with E-state index >= 15 is 0 Å². The van der Waals surface area contributed by atoms with Crippen LogP contribution in [-0.4, -0.2) is 20.9 Å². The first kappa shape index (κ1) is 13.1. The Hall–Kier alpha value is -2.89. The van der Waals surface area contributed by atoms with Gasteiger partial charge in [0.05, 0.1) is 18.3 Å². The Morgan fingerprint density at radius 3 is 2.86 bits per heavy atom. The van der Waals surface area contributed by atoms with Gasteiger partial charge in [0.25, 0.3) is 0 Å². The highest BCUT2D eigenvalue weighted by Crippen LogP contribution is 2.17. The molecule has 0 spiro atoms. The summed E-state index contributed by atoms with van der Waals surface area (Å²) in [5, 5.41) is 13.7. The molecule has 6 heteroatoms. The van der Waals surface area contributed by atoms with Crippen molar-refractivity contribution in [3.8, 4) is 0 Å². The molecule has 21 heavy (non-hydrogen) atoms. The van der Waals surface area contributed by atoms with Gasteiger partial charge in [-0.15, -0.1) is 0 Å². The maximum Gasteiger partial charge on any atom is 0.339 e. The number of rotatable bonds is 3. The molecule has 1 N–H and O–H groups in total. The van der Waals surface area contributed by atoms with E-state index in [0.717, 1.165) is 0 Å². The number of hydrogen-bond donors (Lipinski definition) is 1. The molecule has 0 saturated heterocycles. The highest BCUT2D eigenvalue weighted by atomic mass is 16.4. The van der Waals surface area contributed by atoms with Gasteiger partial charge < -0.3 is 9.52 Å². The molecule has 1 aromatic carbocycles. The molecule has 0 radical (unpaired) electrons. The lowest BCUT2D eigenvalue weighted by Crippen LogP contribution is -2.12. The topological polar surface area (TPSA) is 85.3 Å². The van der Waals surface area contributed by atoms with Crippen LogP contribution in [0.1, 0.15) is 21.9 Å². The molecule has 0 amide bonds. The normalized spacial score (nSPS) is 10.9. The van der Waals surface area contributed by atoms with Gasteiger partial charge in [0.1, 0.15) is 17.1 Å². The number of aryl methyl sites for hydroxylation is 1.